The largest absolute Gasteiger partial charge is 0.418 e. The van der Waals surface area contributed by atoms with Gasteiger partial charge < -0.3 is 15.4 Å². The number of hydrogen-bond donors (Lipinski definition) is 2. The molecule has 38 heavy (non-hydrogen) atoms. The van der Waals surface area contributed by atoms with Gasteiger partial charge in [0.25, 0.3) is 0 Å². The number of ether oxygens (including phenoxy) is 1. The van der Waals surface area contributed by atoms with Gasteiger partial charge in [-0.15, -0.1) is 0 Å². The summed E-state index contributed by atoms with van der Waals surface area (Å²) in [6.45, 7) is 2.37. The highest BCUT2D eigenvalue weighted by Crippen LogP contribution is 2.37. The van der Waals surface area contributed by atoms with Gasteiger partial charge in [-0.2, -0.15) is 13.2 Å². The maximum Gasteiger partial charge on any atom is 0.418 e. The average molecular weight is 532 g/mol. The maximum absolute atomic E-state index is 13.3. The van der Waals surface area contributed by atoms with Crippen LogP contribution in [-0.4, -0.2) is 39.9 Å². The van der Waals surface area contributed by atoms with E-state index >= 15 is 0 Å². The molecule has 0 unspecified atom stereocenters. The molecule has 8 nitrogen and oxygen atoms in total. The Bertz CT molecular complexity index is 1290. The summed E-state index contributed by atoms with van der Waals surface area (Å²) in [5.41, 5.74) is -1.48. The first-order valence-electron chi connectivity index (χ1n) is 11.9. The molecule has 1 saturated heterocycles. The number of rotatable bonds is 9. The van der Waals surface area contributed by atoms with E-state index in [9.17, 15) is 27.2 Å². The number of alkyl halides is 3. The van der Waals surface area contributed by atoms with E-state index in [0.29, 0.717) is 42.6 Å². The summed E-state index contributed by atoms with van der Waals surface area (Å²) in [5, 5.41) is 5.38. The number of halogens is 4. The van der Waals surface area contributed by atoms with Crippen molar-refractivity contribution in [2.45, 2.75) is 38.9 Å². The Hall–Kier alpha value is -3.93. The summed E-state index contributed by atoms with van der Waals surface area (Å²) in [7, 11) is 0. The Labute approximate surface area is 215 Å². The minimum absolute atomic E-state index is 0.0354. The summed E-state index contributed by atoms with van der Waals surface area (Å²) < 4.78 is 58.5. The van der Waals surface area contributed by atoms with Gasteiger partial charge >= 0.3 is 6.18 Å². The van der Waals surface area contributed by atoms with Crippen LogP contribution >= 0.6 is 0 Å². The molecule has 1 fully saturated rings. The van der Waals surface area contributed by atoms with Gasteiger partial charge in [0.15, 0.2) is 5.78 Å². The molecule has 0 radical (unpaired) electrons. The number of Topliss-reactive ketones (excluding diaryl/α,β-unsaturated/α-hetero) is 1. The second-order valence-electron chi connectivity index (χ2n) is 8.96. The molecular formula is C26H25F4N5O3. The average Bonchev–Trinajstić information content (AvgIpc) is 3.38. The molecule has 1 aromatic carbocycles. The van der Waals surface area contributed by atoms with Gasteiger partial charge in [-0.3, -0.25) is 14.6 Å². The Morgan fingerprint density at radius 1 is 1.08 bits per heavy atom. The molecule has 0 aliphatic carbocycles. The molecular weight excluding hydrogens is 506 g/mol. The minimum Gasteiger partial charge on any atom is -0.380 e. The number of pyridine rings is 1. The van der Waals surface area contributed by atoms with Gasteiger partial charge in [0, 0.05) is 31.8 Å². The standard InChI is InChI=1S/C26H25F4N5O3/c1-2-23-32-11-16(12-33-23)22(36)10-25(7-8-38-15-25)24(37)34-13-18-4-5-19(14-31-18)35-21-6-3-17(27)9-20(21)26(28,29)30/h3-6,9,11-12,14,35H,2,7-8,10,13,15H2,1H3,(H,34,37)/t25-/m0/s1. The van der Waals surface area contributed by atoms with Crippen LogP contribution in [0.1, 0.15) is 47.2 Å². The second-order valence-corrected chi connectivity index (χ2v) is 8.96. The van der Waals surface area contributed by atoms with Crippen LogP contribution < -0.4 is 10.6 Å². The lowest BCUT2D eigenvalue weighted by molar-refractivity contribution is -0.137. The lowest BCUT2D eigenvalue weighted by atomic mass is 9.80. The van der Waals surface area contributed by atoms with Crippen molar-refractivity contribution in [3.63, 3.8) is 0 Å². The van der Waals surface area contributed by atoms with Gasteiger partial charge in [-0.1, -0.05) is 6.92 Å². The number of benzene rings is 1. The van der Waals surface area contributed by atoms with Crippen molar-refractivity contribution >= 4 is 23.1 Å². The van der Waals surface area contributed by atoms with E-state index in [0.717, 1.165) is 12.1 Å². The van der Waals surface area contributed by atoms with Gasteiger partial charge in [0.05, 0.1) is 53.0 Å². The highest BCUT2D eigenvalue weighted by atomic mass is 19.4. The first kappa shape index (κ1) is 27.1. The topological polar surface area (TPSA) is 106 Å². The zero-order valence-corrected chi connectivity index (χ0v) is 20.4. The first-order valence-corrected chi connectivity index (χ1v) is 11.9. The minimum atomic E-state index is -4.74. The molecule has 4 rings (SSSR count). The molecule has 3 heterocycles. The van der Waals surface area contributed by atoms with Crippen LogP contribution in [0.25, 0.3) is 0 Å². The van der Waals surface area contributed by atoms with Gasteiger partial charge in [-0.05, 0) is 36.8 Å². The fraction of sp³-hybridized carbons (Fsp3) is 0.346. The Morgan fingerprint density at radius 2 is 1.84 bits per heavy atom. The van der Waals surface area contributed by atoms with Crippen LogP contribution in [0.15, 0.2) is 48.9 Å². The third-order valence-electron chi connectivity index (χ3n) is 6.25. The quantitative estimate of drug-likeness (QED) is 0.306. The molecule has 0 spiro atoms. The van der Waals surface area contributed by atoms with E-state index in [1.807, 2.05) is 6.92 Å². The molecule has 1 aliphatic rings. The number of ketones is 1. The van der Waals surface area contributed by atoms with E-state index in [1.54, 1.807) is 0 Å². The summed E-state index contributed by atoms with van der Waals surface area (Å²) in [6.07, 6.45) is 0.424. The van der Waals surface area contributed by atoms with Crippen LogP contribution in [0.5, 0.6) is 0 Å². The zero-order valence-electron chi connectivity index (χ0n) is 20.4. The third kappa shape index (κ3) is 6.31. The van der Waals surface area contributed by atoms with E-state index < -0.39 is 23.0 Å². The molecule has 1 atom stereocenters. The highest BCUT2D eigenvalue weighted by Gasteiger charge is 2.44. The monoisotopic (exact) mass is 531 g/mol. The van der Waals surface area contributed by atoms with Crippen molar-refractivity contribution in [1.29, 1.82) is 0 Å². The maximum atomic E-state index is 13.3. The van der Waals surface area contributed by atoms with Crippen LogP contribution in [-0.2, 0) is 28.7 Å². The number of aromatic nitrogens is 3. The third-order valence-corrected chi connectivity index (χ3v) is 6.25. The second kappa shape index (κ2) is 11.2. The number of aryl methyl sites for hydroxylation is 1. The highest BCUT2D eigenvalue weighted by molar-refractivity contribution is 5.99. The van der Waals surface area contributed by atoms with Gasteiger partial charge in [0.2, 0.25) is 5.91 Å². The number of anilines is 2. The number of nitrogens with one attached hydrogen (secondary N) is 2. The molecule has 1 aliphatic heterocycles. The van der Waals surface area contributed by atoms with Crippen molar-refractivity contribution in [3.8, 4) is 0 Å². The van der Waals surface area contributed by atoms with E-state index in [-0.39, 0.29) is 42.6 Å². The van der Waals surface area contributed by atoms with Gasteiger partial charge in [0.1, 0.15) is 11.6 Å². The van der Waals surface area contributed by atoms with Crippen molar-refractivity contribution < 1.29 is 31.9 Å². The van der Waals surface area contributed by atoms with Gasteiger partial charge in [-0.25, -0.2) is 14.4 Å². The molecule has 12 heteroatoms. The lowest BCUT2D eigenvalue weighted by Gasteiger charge is -2.25. The van der Waals surface area contributed by atoms with E-state index in [2.05, 4.69) is 25.6 Å². The zero-order chi connectivity index (χ0) is 27.3. The summed E-state index contributed by atoms with van der Waals surface area (Å²) in [6, 6.07) is 5.38. The SMILES string of the molecule is CCc1ncc(C(=O)C[C@@]2(C(=O)NCc3ccc(Nc4ccc(F)cc4C(F)(F)F)cn3)CCOC2)cn1. The molecule has 2 N–H and O–H groups in total. The predicted octanol–water partition coefficient (Wildman–Crippen LogP) is 4.63. The fourth-order valence-corrected chi connectivity index (χ4v) is 4.07. The molecule has 0 bridgehead atoms. The van der Waals surface area contributed by atoms with Crippen LogP contribution in [0.4, 0.5) is 28.9 Å². The van der Waals surface area contributed by atoms with E-state index in [4.69, 9.17) is 4.74 Å². The Kier molecular flexibility index (Phi) is 8.00. The molecule has 3 aromatic rings. The Balaban J connectivity index is 1.39. The number of carbonyl (C=O) groups excluding carboxylic acids is 2. The van der Waals surface area contributed by atoms with Crippen molar-refractivity contribution in [2.24, 2.45) is 5.41 Å². The number of nitrogens with zero attached hydrogens (tertiary/aromatic N) is 3. The van der Waals surface area contributed by atoms with Crippen molar-refractivity contribution in [3.05, 3.63) is 77.4 Å². The van der Waals surface area contributed by atoms with Crippen molar-refractivity contribution in [2.75, 3.05) is 18.5 Å². The molecule has 2 aromatic heterocycles. The first-order chi connectivity index (χ1) is 18.1. The smallest absolute Gasteiger partial charge is 0.380 e. The summed E-state index contributed by atoms with van der Waals surface area (Å²) in [4.78, 5) is 38.4. The van der Waals surface area contributed by atoms with Crippen LogP contribution in [0.3, 0.4) is 0 Å². The number of hydrogen-bond acceptors (Lipinski definition) is 7. The molecule has 0 saturated carbocycles. The van der Waals surface area contributed by atoms with Crippen LogP contribution in [0.2, 0.25) is 0 Å². The molecule has 1 amide bonds. The van der Waals surface area contributed by atoms with Crippen LogP contribution in [0, 0.1) is 11.2 Å². The summed E-state index contributed by atoms with van der Waals surface area (Å²) in [5.74, 6) is -1.01. The lowest BCUT2D eigenvalue weighted by Crippen LogP contribution is -2.42. The molecule has 200 valence electrons. The van der Waals surface area contributed by atoms with Crippen molar-refractivity contribution in [1.82, 2.24) is 20.3 Å². The fourth-order valence-electron chi connectivity index (χ4n) is 4.07. The normalized spacial score (nSPS) is 17.3. The summed E-state index contributed by atoms with van der Waals surface area (Å²) >= 11 is 0. The van der Waals surface area contributed by atoms with E-state index in [1.165, 1.54) is 30.7 Å². The Morgan fingerprint density at radius 3 is 2.45 bits per heavy atom. The number of carbonyl (C=O) groups is 2. The number of amides is 1. The predicted molar refractivity (Wildman–Crippen MR) is 129 cm³/mol.